The summed E-state index contributed by atoms with van der Waals surface area (Å²) in [4.78, 5) is 0. The molecule has 4 nitrogen and oxygen atoms in total. The Kier molecular flexibility index (Phi) is 7.99. The number of unbranched alkanes of at least 4 members (excludes halogenated alkanes) is 2. The van der Waals surface area contributed by atoms with Crippen LogP contribution in [0.25, 0.3) is 0 Å². The van der Waals surface area contributed by atoms with Gasteiger partial charge in [-0.15, -0.1) is 0 Å². The first-order chi connectivity index (χ1) is 9.08. The largest absolute Gasteiger partial charge is 0.451 e. The van der Waals surface area contributed by atoms with Crippen LogP contribution in [0.4, 0.5) is 0 Å². The molecule has 0 aliphatic heterocycles. The lowest BCUT2D eigenvalue weighted by atomic mass is 9.83. The van der Waals surface area contributed by atoms with E-state index in [4.69, 9.17) is 15.8 Å². The Labute approximate surface area is 118 Å². The maximum atomic E-state index is 8.74. The van der Waals surface area contributed by atoms with E-state index in [-0.39, 0.29) is 6.04 Å². The molecule has 1 unspecified atom stereocenters. The van der Waals surface area contributed by atoms with E-state index in [0.717, 1.165) is 32.2 Å². The van der Waals surface area contributed by atoms with Crippen LogP contribution in [0.2, 0.25) is 6.32 Å². The minimum Gasteiger partial charge on any atom is -0.427 e. The van der Waals surface area contributed by atoms with Gasteiger partial charge in [0.2, 0.25) is 0 Å². The van der Waals surface area contributed by atoms with Gasteiger partial charge in [-0.2, -0.15) is 0 Å². The third kappa shape index (κ3) is 7.93. The summed E-state index contributed by atoms with van der Waals surface area (Å²) < 4.78 is 0. The smallest absolute Gasteiger partial charge is 0.427 e. The van der Waals surface area contributed by atoms with Gasteiger partial charge in [0.1, 0.15) is 0 Å². The molecule has 1 fully saturated rings. The molecule has 112 valence electrons. The molecule has 0 aromatic rings. The fourth-order valence-electron chi connectivity index (χ4n) is 2.58. The van der Waals surface area contributed by atoms with Gasteiger partial charge in [-0.3, -0.25) is 0 Å². The Balaban J connectivity index is 1.96. The van der Waals surface area contributed by atoms with Crippen molar-refractivity contribution in [2.24, 2.45) is 5.73 Å². The molecule has 1 aliphatic carbocycles. The SMILES string of the molecule is CCCCC1(NCCC(N)CCCCB(O)O)CC1. The van der Waals surface area contributed by atoms with Crippen LogP contribution in [-0.2, 0) is 0 Å². The summed E-state index contributed by atoms with van der Waals surface area (Å²) in [6.07, 6.45) is 10.9. The zero-order valence-corrected chi connectivity index (χ0v) is 12.4. The second kappa shape index (κ2) is 8.95. The monoisotopic (exact) mass is 270 g/mol. The van der Waals surface area contributed by atoms with Crippen molar-refractivity contribution in [1.82, 2.24) is 5.32 Å². The molecule has 19 heavy (non-hydrogen) atoms. The van der Waals surface area contributed by atoms with Crippen molar-refractivity contribution in [3.63, 3.8) is 0 Å². The third-order valence-corrected chi connectivity index (χ3v) is 4.16. The van der Waals surface area contributed by atoms with Crippen molar-refractivity contribution in [2.75, 3.05) is 6.54 Å². The minimum atomic E-state index is -1.16. The summed E-state index contributed by atoms with van der Waals surface area (Å²) in [6.45, 7) is 3.27. The Morgan fingerprint density at radius 1 is 1.21 bits per heavy atom. The minimum absolute atomic E-state index is 0.241. The Bertz CT molecular complexity index is 235. The molecule has 0 radical (unpaired) electrons. The third-order valence-electron chi connectivity index (χ3n) is 4.16. The van der Waals surface area contributed by atoms with Crippen molar-refractivity contribution >= 4 is 7.12 Å². The van der Waals surface area contributed by atoms with Crippen LogP contribution >= 0.6 is 0 Å². The van der Waals surface area contributed by atoms with Gasteiger partial charge in [-0.1, -0.05) is 32.6 Å². The molecule has 0 bridgehead atoms. The maximum absolute atomic E-state index is 8.74. The summed E-state index contributed by atoms with van der Waals surface area (Å²) in [6, 6.07) is 0.241. The summed E-state index contributed by atoms with van der Waals surface area (Å²) in [5.41, 5.74) is 6.53. The van der Waals surface area contributed by atoms with Crippen LogP contribution in [-0.4, -0.2) is 35.3 Å². The van der Waals surface area contributed by atoms with Crippen molar-refractivity contribution in [2.45, 2.75) is 82.6 Å². The quantitative estimate of drug-likeness (QED) is 0.321. The Morgan fingerprint density at radius 3 is 2.53 bits per heavy atom. The molecule has 5 heteroatoms. The van der Waals surface area contributed by atoms with Crippen LogP contribution in [0.3, 0.4) is 0 Å². The summed E-state index contributed by atoms with van der Waals surface area (Å²) in [5, 5.41) is 21.2. The van der Waals surface area contributed by atoms with Crippen LogP contribution in [0.1, 0.15) is 64.7 Å². The molecule has 0 amide bonds. The molecular formula is C14H31BN2O2. The molecule has 1 aliphatic rings. The van der Waals surface area contributed by atoms with Gasteiger partial charge in [0.25, 0.3) is 0 Å². The van der Waals surface area contributed by atoms with E-state index < -0.39 is 7.12 Å². The van der Waals surface area contributed by atoms with Gasteiger partial charge in [0.15, 0.2) is 0 Å². The topological polar surface area (TPSA) is 78.5 Å². The van der Waals surface area contributed by atoms with Crippen molar-refractivity contribution < 1.29 is 10.0 Å². The molecular weight excluding hydrogens is 239 g/mol. The van der Waals surface area contributed by atoms with E-state index in [1.165, 1.54) is 32.1 Å². The molecule has 1 atom stereocenters. The van der Waals surface area contributed by atoms with Crippen LogP contribution < -0.4 is 11.1 Å². The second-order valence-electron chi connectivity index (χ2n) is 6.12. The number of hydrogen-bond acceptors (Lipinski definition) is 4. The number of hydrogen-bond donors (Lipinski definition) is 4. The highest BCUT2D eigenvalue weighted by Crippen LogP contribution is 2.39. The highest BCUT2D eigenvalue weighted by atomic mass is 16.4. The van der Waals surface area contributed by atoms with Crippen LogP contribution in [0, 0.1) is 0 Å². The number of rotatable bonds is 12. The summed E-state index contributed by atoms with van der Waals surface area (Å²) >= 11 is 0. The van der Waals surface area contributed by atoms with Gasteiger partial charge in [0, 0.05) is 11.6 Å². The first-order valence-electron chi connectivity index (χ1n) is 7.95. The summed E-state index contributed by atoms with van der Waals surface area (Å²) in [5.74, 6) is 0. The average Bonchev–Trinajstić information content (AvgIpc) is 3.12. The van der Waals surface area contributed by atoms with Gasteiger partial charge in [-0.05, 0) is 45.0 Å². The zero-order chi connectivity index (χ0) is 14.1. The Hall–Kier alpha value is -0.0951. The molecule has 1 saturated carbocycles. The Morgan fingerprint density at radius 2 is 1.95 bits per heavy atom. The maximum Gasteiger partial charge on any atom is 0.451 e. The van der Waals surface area contributed by atoms with E-state index in [2.05, 4.69) is 12.2 Å². The molecule has 0 heterocycles. The number of nitrogens with two attached hydrogens (primary N) is 1. The molecule has 5 N–H and O–H groups in total. The van der Waals surface area contributed by atoms with E-state index >= 15 is 0 Å². The molecule has 0 aromatic carbocycles. The second-order valence-corrected chi connectivity index (χ2v) is 6.12. The fraction of sp³-hybridized carbons (Fsp3) is 1.00. The van der Waals surface area contributed by atoms with E-state index in [0.29, 0.717) is 11.9 Å². The van der Waals surface area contributed by atoms with E-state index in [1.807, 2.05) is 0 Å². The van der Waals surface area contributed by atoms with E-state index in [1.54, 1.807) is 0 Å². The highest BCUT2D eigenvalue weighted by molar-refractivity contribution is 6.40. The van der Waals surface area contributed by atoms with Crippen molar-refractivity contribution in [3.05, 3.63) is 0 Å². The first-order valence-corrected chi connectivity index (χ1v) is 7.95. The average molecular weight is 270 g/mol. The lowest BCUT2D eigenvalue weighted by Crippen LogP contribution is -2.35. The van der Waals surface area contributed by atoms with Crippen LogP contribution in [0.15, 0.2) is 0 Å². The van der Waals surface area contributed by atoms with Crippen molar-refractivity contribution in [1.29, 1.82) is 0 Å². The standard InChI is InChI=1S/C14H31BN2O2/c1-2-3-8-14(9-10-14)17-12-7-13(16)6-4-5-11-15(18)19/h13,17-19H,2-12,16H2,1H3. The van der Waals surface area contributed by atoms with Crippen LogP contribution in [0.5, 0.6) is 0 Å². The van der Waals surface area contributed by atoms with Gasteiger partial charge < -0.3 is 21.1 Å². The normalized spacial score (nSPS) is 18.3. The first kappa shape index (κ1) is 17.0. The zero-order valence-electron chi connectivity index (χ0n) is 12.4. The van der Waals surface area contributed by atoms with Gasteiger partial charge in [-0.25, -0.2) is 0 Å². The lowest BCUT2D eigenvalue weighted by molar-refractivity contribution is 0.398. The van der Waals surface area contributed by atoms with E-state index in [9.17, 15) is 0 Å². The molecule has 0 aromatic heterocycles. The fourth-order valence-corrected chi connectivity index (χ4v) is 2.58. The molecule has 0 saturated heterocycles. The molecule has 1 rings (SSSR count). The predicted molar refractivity (Wildman–Crippen MR) is 80.9 cm³/mol. The lowest BCUT2D eigenvalue weighted by Gasteiger charge is -2.19. The molecule has 0 spiro atoms. The van der Waals surface area contributed by atoms with Gasteiger partial charge >= 0.3 is 7.12 Å². The number of nitrogens with one attached hydrogen (secondary N) is 1. The highest BCUT2D eigenvalue weighted by Gasteiger charge is 2.40. The summed E-state index contributed by atoms with van der Waals surface area (Å²) in [7, 11) is -1.16. The van der Waals surface area contributed by atoms with Gasteiger partial charge in [0.05, 0.1) is 0 Å². The van der Waals surface area contributed by atoms with Crippen molar-refractivity contribution in [3.8, 4) is 0 Å². The predicted octanol–water partition coefficient (Wildman–Crippen LogP) is 1.66.